The van der Waals surface area contributed by atoms with Gasteiger partial charge in [0, 0.05) is 18.4 Å². The normalized spacial score (nSPS) is 10.5. The van der Waals surface area contributed by atoms with Gasteiger partial charge in [-0.25, -0.2) is 0 Å². The van der Waals surface area contributed by atoms with Crippen molar-refractivity contribution < 1.29 is 24.0 Å². The maximum Gasteiger partial charge on any atom is 0.306 e. The van der Waals surface area contributed by atoms with Crippen LogP contribution in [0.3, 0.4) is 0 Å². The highest BCUT2D eigenvalue weighted by molar-refractivity contribution is 5.72. The van der Waals surface area contributed by atoms with E-state index in [-0.39, 0.29) is 37.0 Å². The van der Waals surface area contributed by atoms with E-state index in [2.05, 4.69) is 0 Å². The topological polar surface area (TPSA) is 95.7 Å². The molecule has 132 valence electrons. The zero-order valence-corrected chi connectivity index (χ0v) is 14.2. The third-order valence-corrected chi connectivity index (χ3v) is 3.23. The molecule has 0 aromatic heterocycles. The lowest BCUT2D eigenvalue weighted by molar-refractivity contribution is -0.386. The quantitative estimate of drug-likeness (QED) is 0.390. The number of nitrogens with zero attached hydrogens (tertiary/aromatic N) is 1. The van der Waals surface area contributed by atoms with Gasteiger partial charge in [0.1, 0.15) is 6.61 Å². The van der Waals surface area contributed by atoms with Crippen molar-refractivity contribution in [1.82, 2.24) is 0 Å². The predicted molar refractivity (Wildman–Crippen MR) is 87.3 cm³/mol. The van der Waals surface area contributed by atoms with Crippen LogP contribution in [0.25, 0.3) is 0 Å². The number of benzene rings is 1. The van der Waals surface area contributed by atoms with Crippen molar-refractivity contribution in [3.8, 4) is 0 Å². The molecule has 0 aliphatic rings. The van der Waals surface area contributed by atoms with Gasteiger partial charge in [0.15, 0.2) is 0 Å². The van der Waals surface area contributed by atoms with Crippen LogP contribution in [0.2, 0.25) is 0 Å². The van der Waals surface area contributed by atoms with Crippen LogP contribution < -0.4 is 0 Å². The number of carbonyl (C=O) groups excluding carboxylic acids is 2. The van der Waals surface area contributed by atoms with Crippen LogP contribution in [0, 0.1) is 23.0 Å². The van der Waals surface area contributed by atoms with Crippen LogP contribution in [0.1, 0.15) is 44.2 Å². The Morgan fingerprint density at radius 1 is 1.17 bits per heavy atom. The molecule has 7 nitrogen and oxygen atoms in total. The molecule has 0 spiro atoms. The van der Waals surface area contributed by atoms with Crippen LogP contribution in [-0.4, -0.2) is 23.5 Å². The van der Waals surface area contributed by atoms with Crippen LogP contribution in [0.15, 0.2) is 18.2 Å². The summed E-state index contributed by atoms with van der Waals surface area (Å²) in [5.41, 5.74) is 0.828. The van der Waals surface area contributed by atoms with Gasteiger partial charge < -0.3 is 9.47 Å². The average Bonchev–Trinajstić information content (AvgIpc) is 2.50. The number of aryl methyl sites for hydroxylation is 1. The number of carbonyl (C=O) groups is 2. The molecule has 0 aliphatic heterocycles. The molecule has 0 saturated carbocycles. The van der Waals surface area contributed by atoms with Crippen molar-refractivity contribution in [2.75, 3.05) is 6.61 Å². The SMILES string of the molecule is Cc1cccc(COC(=O)CCCC(=O)OCC(C)C)c1[N+](=O)[O-]. The molecule has 0 heterocycles. The first-order valence-electron chi connectivity index (χ1n) is 7.85. The third-order valence-electron chi connectivity index (χ3n) is 3.23. The van der Waals surface area contributed by atoms with E-state index in [1.165, 1.54) is 0 Å². The van der Waals surface area contributed by atoms with E-state index in [9.17, 15) is 19.7 Å². The van der Waals surface area contributed by atoms with Crippen molar-refractivity contribution in [2.45, 2.75) is 46.6 Å². The summed E-state index contributed by atoms with van der Waals surface area (Å²) in [6.45, 7) is 5.71. The van der Waals surface area contributed by atoms with E-state index in [4.69, 9.17) is 9.47 Å². The first-order chi connectivity index (χ1) is 11.3. The first kappa shape index (κ1) is 19.6. The Morgan fingerprint density at radius 2 is 1.79 bits per heavy atom. The molecule has 0 radical (unpaired) electrons. The monoisotopic (exact) mass is 337 g/mol. The molecule has 7 heteroatoms. The highest BCUT2D eigenvalue weighted by Gasteiger charge is 2.18. The summed E-state index contributed by atoms with van der Waals surface area (Å²) < 4.78 is 10.1. The van der Waals surface area contributed by atoms with E-state index < -0.39 is 10.9 Å². The highest BCUT2D eigenvalue weighted by Crippen LogP contribution is 2.23. The van der Waals surface area contributed by atoms with Gasteiger partial charge >= 0.3 is 11.9 Å². The molecule has 0 aliphatic carbocycles. The van der Waals surface area contributed by atoms with Crippen LogP contribution >= 0.6 is 0 Å². The predicted octanol–water partition coefficient (Wildman–Crippen LogP) is 3.32. The van der Waals surface area contributed by atoms with E-state index in [0.29, 0.717) is 24.2 Å². The number of para-hydroxylation sites is 1. The van der Waals surface area contributed by atoms with Crippen molar-refractivity contribution in [3.05, 3.63) is 39.4 Å². The molecule has 24 heavy (non-hydrogen) atoms. The van der Waals surface area contributed by atoms with Crippen molar-refractivity contribution in [3.63, 3.8) is 0 Å². The lowest BCUT2D eigenvalue weighted by atomic mass is 10.1. The van der Waals surface area contributed by atoms with Gasteiger partial charge in [-0.05, 0) is 25.3 Å². The van der Waals surface area contributed by atoms with Gasteiger partial charge in [-0.15, -0.1) is 0 Å². The molecular weight excluding hydrogens is 314 g/mol. The fraction of sp³-hybridized carbons (Fsp3) is 0.529. The first-order valence-corrected chi connectivity index (χ1v) is 7.85. The van der Waals surface area contributed by atoms with Gasteiger partial charge in [-0.3, -0.25) is 19.7 Å². The fourth-order valence-corrected chi connectivity index (χ4v) is 2.04. The molecule has 0 atom stereocenters. The number of nitro groups is 1. The molecule has 0 N–H and O–H groups in total. The lowest BCUT2D eigenvalue weighted by Crippen LogP contribution is -2.11. The summed E-state index contributed by atoms with van der Waals surface area (Å²) in [6.07, 6.45) is 0.536. The Labute approximate surface area is 141 Å². The Morgan fingerprint density at radius 3 is 2.38 bits per heavy atom. The van der Waals surface area contributed by atoms with Gasteiger partial charge in [-0.1, -0.05) is 26.0 Å². The van der Waals surface area contributed by atoms with Crippen molar-refractivity contribution >= 4 is 17.6 Å². The van der Waals surface area contributed by atoms with Crippen LogP contribution in [0.5, 0.6) is 0 Å². The summed E-state index contributed by atoms with van der Waals surface area (Å²) in [5, 5.41) is 11.1. The van der Waals surface area contributed by atoms with Crippen molar-refractivity contribution in [1.29, 1.82) is 0 Å². The Hall–Kier alpha value is -2.44. The van der Waals surface area contributed by atoms with E-state index in [1.807, 2.05) is 13.8 Å². The Balaban J connectivity index is 2.39. The number of hydrogen-bond donors (Lipinski definition) is 0. The minimum Gasteiger partial charge on any atom is -0.465 e. The summed E-state index contributed by atoms with van der Waals surface area (Å²) in [4.78, 5) is 33.7. The van der Waals surface area contributed by atoms with Crippen LogP contribution in [0.4, 0.5) is 5.69 Å². The average molecular weight is 337 g/mol. The zero-order valence-electron chi connectivity index (χ0n) is 14.2. The number of rotatable bonds is 9. The number of ether oxygens (including phenoxy) is 2. The van der Waals surface area contributed by atoms with E-state index >= 15 is 0 Å². The molecular formula is C17H23NO6. The largest absolute Gasteiger partial charge is 0.465 e. The van der Waals surface area contributed by atoms with Crippen LogP contribution in [-0.2, 0) is 25.7 Å². The summed E-state index contributed by atoms with van der Waals surface area (Å²) >= 11 is 0. The minimum atomic E-state index is -0.498. The third kappa shape index (κ3) is 6.76. The van der Waals surface area contributed by atoms with Gasteiger partial charge in [0.05, 0.1) is 17.1 Å². The zero-order chi connectivity index (χ0) is 18.1. The molecule has 0 unspecified atom stereocenters. The summed E-state index contributed by atoms with van der Waals surface area (Å²) in [7, 11) is 0. The molecule has 0 fully saturated rings. The standard InChI is InChI=1S/C17H23NO6/c1-12(2)10-23-15(19)8-5-9-16(20)24-11-14-7-4-6-13(3)17(14)18(21)22/h4,6-7,12H,5,8-11H2,1-3H3. The van der Waals surface area contributed by atoms with E-state index in [0.717, 1.165) is 0 Å². The summed E-state index contributed by atoms with van der Waals surface area (Å²) in [5.74, 6) is -0.572. The molecule has 0 amide bonds. The lowest BCUT2D eigenvalue weighted by Gasteiger charge is -2.08. The number of nitro benzene ring substituents is 1. The Bertz CT molecular complexity index is 597. The van der Waals surface area contributed by atoms with Crippen molar-refractivity contribution in [2.24, 2.45) is 5.92 Å². The second-order valence-corrected chi connectivity index (χ2v) is 5.93. The second kappa shape index (κ2) is 9.64. The fourth-order valence-electron chi connectivity index (χ4n) is 2.04. The maximum atomic E-state index is 11.7. The Kier molecular flexibility index (Phi) is 7.88. The van der Waals surface area contributed by atoms with Gasteiger partial charge in [0.25, 0.3) is 5.69 Å². The number of esters is 2. The maximum absolute atomic E-state index is 11.7. The molecule has 1 aromatic rings. The van der Waals surface area contributed by atoms with E-state index in [1.54, 1.807) is 25.1 Å². The van der Waals surface area contributed by atoms with Gasteiger partial charge in [0.2, 0.25) is 0 Å². The molecule has 0 saturated heterocycles. The number of hydrogen-bond acceptors (Lipinski definition) is 6. The molecule has 1 rings (SSSR count). The summed E-state index contributed by atoms with van der Waals surface area (Å²) in [6, 6.07) is 4.87. The molecule has 1 aromatic carbocycles. The smallest absolute Gasteiger partial charge is 0.306 e. The molecule has 0 bridgehead atoms. The highest BCUT2D eigenvalue weighted by atomic mass is 16.6. The second-order valence-electron chi connectivity index (χ2n) is 5.93. The minimum absolute atomic E-state index is 0.0393. The van der Waals surface area contributed by atoms with Gasteiger partial charge in [-0.2, -0.15) is 0 Å².